The maximum Gasteiger partial charge on any atom is 0.435 e. The Bertz CT molecular complexity index is 1150. The van der Waals surface area contributed by atoms with Crippen molar-refractivity contribution < 1.29 is 13.2 Å². The number of benzene rings is 1. The Balaban J connectivity index is 1.40. The Morgan fingerprint density at radius 1 is 1.03 bits per heavy atom. The van der Waals surface area contributed by atoms with E-state index in [1.54, 1.807) is 12.1 Å². The molecule has 4 rings (SSSR count). The summed E-state index contributed by atoms with van der Waals surface area (Å²) in [4.78, 5) is 24.5. The van der Waals surface area contributed by atoms with Gasteiger partial charge in [-0.3, -0.25) is 9.25 Å². The second-order valence-corrected chi connectivity index (χ2v) is 6.92. The molecule has 1 fully saturated rings. The minimum atomic E-state index is -4.55. The number of alkyl halides is 3. The summed E-state index contributed by atoms with van der Waals surface area (Å²) < 4.78 is 40.1. The zero-order valence-electron chi connectivity index (χ0n) is 16.2. The fourth-order valence-electron chi connectivity index (χ4n) is 3.26. The van der Waals surface area contributed by atoms with Crippen molar-refractivity contribution in [1.82, 2.24) is 24.3 Å². The minimum absolute atomic E-state index is 0.221. The van der Waals surface area contributed by atoms with Crippen LogP contribution < -0.4 is 15.5 Å². The van der Waals surface area contributed by atoms with E-state index in [1.165, 1.54) is 6.33 Å². The molecule has 3 aromatic rings. The fourth-order valence-corrected chi connectivity index (χ4v) is 3.26. The first-order valence-corrected chi connectivity index (χ1v) is 9.38. The van der Waals surface area contributed by atoms with Crippen molar-refractivity contribution in [3.8, 4) is 6.07 Å². The van der Waals surface area contributed by atoms with E-state index in [0.29, 0.717) is 31.7 Å². The Morgan fingerprint density at radius 2 is 1.71 bits per heavy atom. The second kappa shape index (κ2) is 8.10. The van der Waals surface area contributed by atoms with Crippen LogP contribution in [0.25, 0.3) is 0 Å². The standard InChI is InChI=1S/C19H17F3N8O/c20-19(21,22)16-5-6-30(26-16)13-29-12-24-17(25-18(29)31)28-9-7-27(8-10-28)15-3-1-14(11-23)2-4-15/h1-6,12H,7-10,13H2. The van der Waals surface area contributed by atoms with Gasteiger partial charge in [0.2, 0.25) is 5.95 Å². The Labute approximate surface area is 174 Å². The number of anilines is 2. The Morgan fingerprint density at radius 3 is 2.29 bits per heavy atom. The van der Waals surface area contributed by atoms with Crippen LogP contribution in [0.15, 0.2) is 47.7 Å². The van der Waals surface area contributed by atoms with E-state index >= 15 is 0 Å². The van der Waals surface area contributed by atoms with Gasteiger partial charge in [0.25, 0.3) is 0 Å². The number of aromatic nitrogens is 5. The Hall–Kier alpha value is -3.88. The first kappa shape index (κ1) is 20.4. The van der Waals surface area contributed by atoms with E-state index in [9.17, 15) is 18.0 Å². The fraction of sp³-hybridized carbons (Fsp3) is 0.316. The largest absolute Gasteiger partial charge is 0.435 e. The molecule has 1 aliphatic rings. The molecular formula is C19H17F3N8O. The number of hydrogen-bond acceptors (Lipinski definition) is 7. The van der Waals surface area contributed by atoms with E-state index in [2.05, 4.69) is 26.0 Å². The van der Waals surface area contributed by atoms with Gasteiger partial charge in [0.1, 0.15) is 13.0 Å². The van der Waals surface area contributed by atoms with Crippen molar-refractivity contribution in [3.05, 3.63) is 64.6 Å². The molecule has 0 aliphatic carbocycles. The molecule has 12 heteroatoms. The van der Waals surface area contributed by atoms with Crippen LogP contribution in [0.3, 0.4) is 0 Å². The third-order valence-corrected chi connectivity index (χ3v) is 4.91. The van der Waals surface area contributed by atoms with Crippen molar-refractivity contribution in [3.63, 3.8) is 0 Å². The van der Waals surface area contributed by atoms with Gasteiger partial charge in [-0.25, -0.2) is 9.78 Å². The van der Waals surface area contributed by atoms with E-state index in [1.807, 2.05) is 17.0 Å². The lowest BCUT2D eigenvalue weighted by Crippen LogP contribution is -2.47. The van der Waals surface area contributed by atoms with E-state index in [0.717, 1.165) is 27.2 Å². The van der Waals surface area contributed by atoms with Crippen molar-refractivity contribution >= 4 is 11.6 Å². The molecule has 9 nitrogen and oxygen atoms in total. The summed E-state index contributed by atoms with van der Waals surface area (Å²) in [6.45, 7) is 2.34. The molecule has 0 amide bonds. The number of piperazine rings is 1. The molecule has 0 unspecified atom stereocenters. The number of nitriles is 1. The van der Waals surface area contributed by atoms with E-state index in [4.69, 9.17) is 5.26 Å². The molecule has 0 spiro atoms. The average molecular weight is 430 g/mol. The third kappa shape index (κ3) is 4.50. The van der Waals surface area contributed by atoms with Crippen LogP contribution in [0.5, 0.6) is 0 Å². The molecule has 0 atom stereocenters. The predicted octanol–water partition coefficient (Wildman–Crippen LogP) is 1.56. The van der Waals surface area contributed by atoms with Crippen LogP contribution in [0.1, 0.15) is 11.3 Å². The maximum absolute atomic E-state index is 12.7. The van der Waals surface area contributed by atoms with Crippen molar-refractivity contribution in [1.29, 1.82) is 5.26 Å². The molecule has 3 heterocycles. The summed E-state index contributed by atoms with van der Waals surface area (Å²) in [5.41, 5.74) is -0.0460. The quantitative estimate of drug-likeness (QED) is 0.620. The SMILES string of the molecule is N#Cc1ccc(N2CCN(c3ncn(Cn4ccc(C(F)(F)F)n4)c(=O)n3)CC2)cc1. The van der Waals surface area contributed by atoms with Crippen LogP contribution in [0, 0.1) is 11.3 Å². The van der Waals surface area contributed by atoms with Crippen LogP contribution in [0.2, 0.25) is 0 Å². The van der Waals surface area contributed by atoms with Gasteiger partial charge in [-0.05, 0) is 30.3 Å². The maximum atomic E-state index is 12.7. The summed E-state index contributed by atoms with van der Waals surface area (Å²) in [6, 6.07) is 10.2. The molecule has 0 N–H and O–H groups in total. The Kier molecular flexibility index (Phi) is 5.33. The number of nitrogens with zero attached hydrogens (tertiary/aromatic N) is 8. The second-order valence-electron chi connectivity index (χ2n) is 6.92. The summed E-state index contributed by atoms with van der Waals surface area (Å²) in [5.74, 6) is 0.275. The molecule has 0 saturated carbocycles. The van der Waals surface area contributed by atoms with Gasteiger partial charge in [0.05, 0.1) is 11.6 Å². The number of hydrogen-bond donors (Lipinski definition) is 0. The highest BCUT2D eigenvalue weighted by molar-refractivity contribution is 5.51. The summed E-state index contributed by atoms with van der Waals surface area (Å²) in [7, 11) is 0. The zero-order valence-corrected chi connectivity index (χ0v) is 16.2. The molecule has 0 bridgehead atoms. The van der Waals surface area contributed by atoms with Crippen LogP contribution in [0.4, 0.5) is 24.8 Å². The van der Waals surface area contributed by atoms with E-state index in [-0.39, 0.29) is 12.6 Å². The van der Waals surface area contributed by atoms with Gasteiger partial charge in [0, 0.05) is 38.1 Å². The lowest BCUT2D eigenvalue weighted by atomic mass is 10.2. The first-order valence-electron chi connectivity index (χ1n) is 9.38. The minimum Gasteiger partial charge on any atom is -0.368 e. The highest BCUT2D eigenvalue weighted by Gasteiger charge is 2.33. The van der Waals surface area contributed by atoms with Gasteiger partial charge < -0.3 is 9.80 Å². The molecule has 160 valence electrons. The highest BCUT2D eigenvalue weighted by atomic mass is 19.4. The normalized spacial score (nSPS) is 14.5. The summed E-state index contributed by atoms with van der Waals surface area (Å²) >= 11 is 0. The summed E-state index contributed by atoms with van der Waals surface area (Å²) in [5, 5.41) is 12.3. The molecule has 1 aromatic carbocycles. The first-order chi connectivity index (χ1) is 14.8. The van der Waals surface area contributed by atoms with Gasteiger partial charge in [-0.15, -0.1) is 0 Å². The van der Waals surface area contributed by atoms with Crippen LogP contribution in [-0.2, 0) is 12.8 Å². The molecule has 1 saturated heterocycles. The van der Waals surface area contributed by atoms with Gasteiger partial charge in [0.15, 0.2) is 5.69 Å². The van der Waals surface area contributed by atoms with Crippen molar-refractivity contribution in [2.75, 3.05) is 36.0 Å². The highest BCUT2D eigenvalue weighted by Crippen LogP contribution is 2.27. The number of halogens is 3. The van der Waals surface area contributed by atoms with E-state index < -0.39 is 17.6 Å². The zero-order chi connectivity index (χ0) is 22.0. The lowest BCUT2D eigenvalue weighted by molar-refractivity contribution is -0.141. The smallest absolute Gasteiger partial charge is 0.368 e. The van der Waals surface area contributed by atoms with Gasteiger partial charge in [-0.1, -0.05) is 0 Å². The topological polar surface area (TPSA) is 95.9 Å². The summed E-state index contributed by atoms with van der Waals surface area (Å²) in [6.07, 6.45) is -2.14. The van der Waals surface area contributed by atoms with Gasteiger partial charge >= 0.3 is 11.9 Å². The van der Waals surface area contributed by atoms with Gasteiger partial charge in [-0.2, -0.15) is 28.5 Å². The average Bonchev–Trinajstić information content (AvgIpc) is 3.25. The van der Waals surface area contributed by atoms with Crippen LogP contribution >= 0.6 is 0 Å². The lowest BCUT2D eigenvalue weighted by Gasteiger charge is -2.36. The van der Waals surface area contributed by atoms with Crippen molar-refractivity contribution in [2.24, 2.45) is 0 Å². The molecule has 2 aromatic heterocycles. The third-order valence-electron chi connectivity index (χ3n) is 4.91. The number of rotatable bonds is 4. The molecular weight excluding hydrogens is 413 g/mol. The molecule has 1 aliphatic heterocycles. The molecule has 31 heavy (non-hydrogen) atoms. The van der Waals surface area contributed by atoms with Crippen molar-refractivity contribution in [2.45, 2.75) is 12.8 Å². The monoisotopic (exact) mass is 430 g/mol. The molecule has 0 radical (unpaired) electrons. The van der Waals surface area contributed by atoms with Crippen LogP contribution in [-0.4, -0.2) is 50.5 Å². The predicted molar refractivity (Wildman–Crippen MR) is 105 cm³/mol.